The van der Waals surface area contributed by atoms with Gasteiger partial charge in [-0.25, -0.2) is 4.39 Å². The summed E-state index contributed by atoms with van der Waals surface area (Å²) in [4.78, 5) is 27.0. The van der Waals surface area contributed by atoms with Crippen LogP contribution in [-0.2, 0) is 22.4 Å². The maximum absolute atomic E-state index is 13.1. The van der Waals surface area contributed by atoms with Crippen molar-refractivity contribution < 1.29 is 14.0 Å². The molecule has 5 heteroatoms. The van der Waals surface area contributed by atoms with Crippen molar-refractivity contribution >= 4 is 11.8 Å². The SMILES string of the molecule is CC(C)NC(=O)C(C)N(CCc1ccccc1)C(=O)Cc1ccc(F)cc1. The van der Waals surface area contributed by atoms with E-state index in [9.17, 15) is 14.0 Å². The first-order valence-corrected chi connectivity index (χ1v) is 9.25. The van der Waals surface area contributed by atoms with Crippen molar-refractivity contribution in [2.75, 3.05) is 6.54 Å². The predicted octanol–water partition coefficient (Wildman–Crippen LogP) is 3.35. The van der Waals surface area contributed by atoms with Crippen molar-refractivity contribution in [1.82, 2.24) is 10.2 Å². The molecule has 27 heavy (non-hydrogen) atoms. The van der Waals surface area contributed by atoms with Gasteiger partial charge < -0.3 is 10.2 Å². The number of carbonyl (C=O) groups is 2. The maximum atomic E-state index is 13.1. The predicted molar refractivity (Wildman–Crippen MR) is 105 cm³/mol. The van der Waals surface area contributed by atoms with Crippen LogP contribution in [0.15, 0.2) is 54.6 Å². The van der Waals surface area contributed by atoms with Crippen molar-refractivity contribution in [3.05, 3.63) is 71.5 Å². The Kier molecular flexibility index (Phi) is 7.53. The molecular weight excluding hydrogens is 343 g/mol. The molecule has 2 amide bonds. The molecule has 0 aliphatic heterocycles. The van der Waals surface area contributed by atoms with Crippen LogP contribution in [0.2, 0.25) is 0 Å². The van der Waals surface area contributed by atoms with Gasteiger partial charge in [0.05, 0.1) is 6.42 Å². The lowest BCUT2D eigenvalue weighted by Gasteiger charge is -2.29. The monoisotopic (exact) mass is 370 g/mol. The second-order valence-corrected chi connectivity index (χ2v) is 6.97. The molecule has 1 N–H and O–H groups in total. The maximum Gasteiger partial charge on any atom is 0.242 e. The fourth-order valence-electron chi connectivity index (χ4n) is 2.85. The lowest BCUT2D eigenvalue weighted by Crippen LogP contribution is -2.50. The fraction of sp³-hybridized carbons (Fsp3) is 0.364. The molecule has 2 aromatic carbocycles. The lowest BCUT2D eigenvalue weighted by molar-refractivity contribution is -0.139. The summed E-state index contributed by atoms with van der Waals surface area (Å²) in [5.74, 6) is -0.661. The van der Waals surface area contributed by atoms with Crippen molar-refractivity contribution in [3.63, 3.8) is 0 Å². The molecule has 2 aromatic rings. The number of rotatable bonds is 8. The van der Waals surface area contributed by atoms with Gasteiger partial charge in [0.15, 0.2) is 0 Å². The lowest BCUT2D eigenvalue weighted by atomic mass is 10.1. The summed E-state index contributed by atoms with van der Waals surface area (Å²) < 4.78 is 13.1. The minimum absolute atomic E-state index is 0.00289. The van der Waals surface area contributed by atoms with Gasteiger partial charge in [0.2, 0.25) is 11.8 Å². The molecule has 0 heterocycles. The summed E-state index contributed by atoms with van der Waals surface area (Å²) in [6.07, 6.45) is 0.795. The first kappa shape index (κ1) is 20.6. The van der Waals surface area contributed by atoms with Gasteiger partial charge in [0.25, 0.3) is 0 Å². The van der Waals surface area contributed by atoms with E-state index >= 15 is 0 Å². The summed E-state index contributed by atoms with van der Waals surface area (Å²) >= 11 is 0. The van der Waals surface area contributed by atoms with Gasteiger partial charge in [0, 0.05) is 12.6 Å². The molecule has 0 bridgehead atoms. The Hall–Kier alpha value is -2.69. The van der Waals surface area contributed by atoms with Crippen molar-refractivity contribution in [2.24, 2.45) is 0 Å². The second kappa shape index (κ2) is 9.86. The summed E-state index contributed by atoms with van der Waals surface area (Å²) in [7, 11) is 0. The van der Waals surface area contributed by atoms with Crippen LogP contribution >= 0.6 is 0 Å². The van der Waals surface area contributed by atoms with Crippen molar-refractivity contribution in [1.29, 1.82) is 0 Å². The first-order valence-electron chi connectivity index (χ1n) is 9.25. The fourth-order valence-corrected chi connectivity index (χ4v) is 2.85. The Balaban J connectivity index is 2.12. The highest BCUT2D eigenvalue weighted by atomic mass is 19.1. The summed E-state index contributed by atoms with van der Waals surface area (Å²) in [6.45, 7) is 5.96. The quantitative estimate of drug-likeness (QED) is 0.775. The van der Waals surface area contributed by atoms with Crippen LogP contribution in [0.25, 0.3) is 0 Å². The zero-order valence-electron chi connectivity index (χ0n) is 16.1. The summed E-state index contributed by atoms with van der Waals surface area (Å²) in [6, 6.07) is 15.2. The molecule has 0 aliphatic carbocycles. The Morgan fingerprint density at radius 2 is 1.59 bits per heavy atom. The zero-order chi connectivity index (χ0) is 19.8. The molecule has 0 saturated carbocycles. The van der Waals surface area contributed by atoms with E-state index in [0.717, 1.165) is 11.1 Å². The number of amides is 2. The second-order valence-electron chi connectivity index (χ2n) is 6.97. The molecule has 4 nitrogen and oxygen atoms in total. The highest BCUT2D eigenvalue weighted by molar-refractivity contribution is 5.88. The van der Waals surface area contributed by atoms with Gasteiger partial charge in [-0.05, 0) is 50.5 Å². The van der Waals surface area contributed by atoms with Crippen LogP contribution in [0.4, 0.5) is 4.39 Å². The normalized spacial score (nSPS) is 11.9. The molecular formula is C22H27FN2O2. The Morgan fingerprint density at radius 1 is 0.963 bits per heavy atom. The van der Waals surface area contributed by atoms with Gasteiger partial charge in [-0.15, -0.1) is 0 Å². The minimum atomic E-state index is -0.580. The molecule has 144 valence electrons. The molecule has 0 saturated heterocycles. The minimum Gasteiger partial charge on any atom is -0.352 e. The molecule has 0 fully saturated rings. The van der Waals surface area contributed by atoms with E-state index in [1.165, 1.54) is 12.1 Å². The molecule has 0 aliphatic rings. The van der Waals surface area contributed by atoms with Gasteiger partial charge in [-0.2, -0.15) is 0 Å². The van der Waals surface area contributed by atoms with Crippen molar-refractivity contribution in [2.45, 2.75) is 45.7 Å². The van der Waals surface area contributed by atoms with Crippen LogP contribution in [-0.4, -0.2) is 35.3 Å². The Morgan fingerprint density at radius 3 is 2.19 bits per heavy atom. The van der Waals surface area contributed by atoms with E-state index in [-0.39, 0.29) is 30.1 Å². The number of nitrogens with one attached hydrogen (secondary N) is 1. The summed E-state index contributed by atoms with van der Waals surface area (Å²) in [5, 5.41) is 2.86. The molecule has 0 spiro atoms. The van der Waals surface area contributed by atoms with Crippen molar-refractivity contribution in [3.8, 4) is 0 Å². The van der Waals surface area contributed by atoms with E-state index < -0.39 is 6.04 Å². The zero-order valence-corrected chi connectivity index (χ0v) is 16.1. The van der Waals surface area contributed by atoms with Gasteiger partial charge in [-0.1, -0.05) is 42.5 Å². The molecule has 0 radical (unpaired) electrons. The van der Waals surface area contributed by atoms with E-state index in [0.29, 0.717) is 13.0 Å². The van der Waals surface area contributed by atoms with Crippen LogP contribution < -0.4 is 5.32 Å². The van der Waals surface area contributed by atoms with Crippen LogP contribution in [0.1, 0.15) is 31.9 Å². The number of hydrogen-bond donors (Lipinski definition) is 1. The van der Waals surface area contributed by atoms with Crippen LogP contribution in [0.3, 0.4) is 0 Å². The van der Waals surface area contributed by atoms with Crippen LogP contribution in [0, 0.1) is 5.82 Å². The van der Waals surface area contributed by atoms with E-state index in [1.54, 1.807) is 24.0 Å². The highest BCUT2D eigenvalue weighted by Crippen LogP contribution is 2.11. The molecule has 1 unspecified atom stereocenters. The standard InChI is InChI=1S/C22H27FN2O2/c1-16(2)24-22(27)17(3)25(14-13-18-7-5-4-6-8-18)21(26)15-19-9-11-20(23)12-10-19/h4-12,16-17H,13-15H2,1-3H3,(H,24,27). The number of carbonyl (C=O) groups excluding carboxylic acids is 2. The average Bonchev–Trinajstić information content (AvgIpc) is 2.64. The van der Waals surface area contributed by atoms with Crippen LogP contribution in [0.5, 0.6) is 0 Å². The number of hydrogen-bond acceptors (Lipinski definition) is 2. The Bertz CT molecular complexity index is 745. The van der Waals surface area contributed by atoms with E-state index in [4.69, 9.17) is 0 Å². The summed E-state index contributed by atoms with van der Waals surface area (Å²) in [5.41, 5.74) is 1.83. The molecule has 1 atom stereocenters. The largest absolute Gasteiger partial charge is 0.352 e. The number of nitrogens with zero attached hydrogens (tertiary/aromatic N) is 1. The van der Waals surface area contributed by atoms with Gasteiger partial charge in [0.1, 0.15) is 11.9 Å². The topological polar surface area (TPSA) is 49.4 Å². The number of benzene rings is 2. The highest BCUT2D eigenvalue weighted by Gasteiger charge is 2.26. The van der Waals surface area contributed by atoms with E-state index in [1.807, 2.05) is 44.2 Å². The third kappa shape index (κ3) is 6.51. The Labute approximate surface area is 160 Å². The van der Waals surface area contributed by atoms with Gasteiger partial charge >= 0.3 is 0 Å². The first-order chi connectivity index (χ1) is 12.9. The smallest absolute Gasteiger partial charge is 0.242 e. The molecule has 0 aromatic heterocycles. The number of halogens is 1. The third-order valence-electron chi connectivity index (χ3n) is 4.35. The molecule has 2 rings (SSSR count). The van der Waals surface area contributed by atoms with E-state index in [2.05, 4.69) is 5.32 Å². The third-order valence-corrected chi connectivity index (χ3v) is 4.35. The van der Waals surface area contributed by atoms with Gasteiger partial charge in [-0.3, -0.25) is 9.59 Å². The average molecular weight is 370 g/mol.